The van der Waals surface area contributed by atoms with Crippen molar-refractivity contribution in [2.45, 2.75) is 0 Å². The van der Waals surface area contributed by atoms with Crippen LogP contribution in [0.25, 0.3) is 0 Å². The highest BCUT2D eigenvalue weighted by molar-refractivity contribution is 4.66. The minimum atomic E-state index is 0.566. The summed E-state index contributed by atoms with van der Waals surface area (Å²) in [7, 11) is 0. The number of hydrogen-bond donors (Lipinski definition) is 3. The van der Waals surface area contributed by atoms with Crippen LogP contribution in [0.2, 0.25) is 0 Å². The van der Waals surface area contributed by atoms with Crippen LogP contribution in [0, 0.1) is 0 Å². The summed E-state index contributed by atoms with van der Waals surface area (Å²) < 4.78 is 0. The number of nitrogens with one attached hydrogen (secondary N) is 2. The lowest BCUT2D eigenvalue weighted by molar-refractivity contribution is 0.125. The molecule has 0 spiro atoms. The zero-order chi connectivity index (χ0) is 4.83. The maximum atomic E-state index is 7.79. The molecule has 0 amide bonds. The first kappa shape index (κ1) is 5.62. The molecule has 0 aromatic rings. The van der Waals surface area contributed by atoms with Crippen LogP contribution in [0.4, 0.5) is 0 Å². The predicted octanol–water partition coefficient (Wildman–Crippen LogP) is -0.344. The number of hydrazine groups is 1. The fourth-order valence-corrected chi connectivity index (χ4v) is 0.118. The summed E-state index contributed by atoms with van der Waals surface area (Å²) in [6.07, 6.45) is 1.63. The Hall–Kier alpha value is -0.380. The van der Waals surface area contributed by atoms with Crippen molar-refractivity contribution in [2.24, 2.45) is 0 Å². The maximum Gasteiger partial charge on any atom is 0.0300 e. The van der Waals surface area contributed by atoms with E-state index in [1.807, 2.05) is 0 Å². The van der Waals surface area contributed by atoms with E-state index >= 15 is 0 Å². The van der Waals surface area contributed by atoms with Gasteiger partial charge in [0.15, 0.2) is 0 Å². The molecule has 36 valence electrons. The lowest BCUT2D eigenvalue weighted by atomic mass is 10.7. The summed E-state index contributed by atoms with van der Waals surface area (Å²) in [5.74, 6) is 0. The third-order valence-electron chi connectivity index (χ3n) is 0.325. The third-order valence-corrected chi connectivity index (χ3v) is 0.325. The average Bonchev–Trinajstić information content (AvgIpc) is 1.61. The fraction of sp³-hybridized carbons (Fsp3) is 0.333. The second-order valence-corrected chi connectivity index (χ2v) is 0.781. The molecule has 3 N–H and O–H groups in total. The van der Waals surface area contributed by atoms with Gasteiger partial charge in [0.05, 0.1) is 0 Å². The van der Waals surface area contributed by atoms with Gasteiger partial charge >= 0.3 is 0 Å². The molecule has 0 saturated heterocycles. The molecule has 0 aliphatic heterocycles. The zero-order valence-corrected chi connectivity index (χ0v) is 3.44. The van der Waals surface area contributed by atoms with E-state index in [2.05, 4.69) is 12.0 Å². The SMILES string of the molecule is C=CCNNO. The van der Waals surface area contributed by atoms with Crippen molar-refractivity contribution >= 4 is 0 Å². The highest BCUT2D eigenvalue weighted by atomic mass is 16.5. The molecule has 0 atom stereocenters. The lowest BCUT2D eigenvalue weighted by Gasteiger charge is -1.90. The molecule has 0 saturated carbocycles. The van der Waals surface area contributed by atoms with Crippen molar-refractivity contribution in [3.8, 4) is 0 Å². The van der Waals surface area contributed by atoms with Crippen molar-refractivity contribution in [1.82, 2.24) is 11.0 Å². The Morgan fingerprint density at radius 3 is 2.67 bits per heavy atom. The van der Waals surface area contributed by atoms with E-state index in [4.69, 9.17) is 5.21 Å². The summed E-state index contributed by atoms with van der Waals surface area (Å²) in [4.78, 5) is 0. The first-order valence-electron chi connectivity index (χ1n) is 1.64. The number of hydrogen-bond acceptors (Lipinski definition) is 3. The molecule has 0 fully saturated rings. The fourth-order valence-electron chi connectivity index (χ4n) is 0.118. The Bertz CT molecular complexity index is 37.8. The number of rotatable bonds is 3. The van der Waals surface area contributed by atoms with Gasteiger partial charge in [-0.2, -0.15) is 0 Å². The van der Waals surface area contributed by atoms with Crippen LogP contribution in [-0.4, -0.2) is 11.8 Å². The molecule has 0 bridgehead atoms. The molecule has 0 heterocycles. The van der Waals surface area contributed by atoms with Crippen LogP contribution < -0.4 is 11.0 Å². The maximum absolute atomic E-state index is 7.79. The standard InChI is InChI=1S/C3H8N2O/c1-2-3-4-5-6/h2,4-6H,1,3H2. The molecule has 0 radical (unpaired) electrons. The Balaban J connectivity index is 2.49. The van der Waals surface area contributed by atoms with E-state index in [0.29, 0.717) is 6.54 Å². The molecule has 0 aliphatic rings. The van der Waals surface area contributed by atoms with Crippen LogP contribution in [0.1, 0.15) is 0 Å². The minimum Gasteiger partial charge on any atom is -0.302 e. The highest BCUT2D eigenvalue weighted by Gasteiger charge is 1.65. The largest absolute Gasteiger partial charge is 0.302 e. The zero-order valence-electron chi connectivity index (χ0n) is 3.44. The van der Waals surface area contributed by atoms with Crippen LogP contribution in [0.3, 0.4) is 0 Å². The Morgan fingerprint density at radius 2 is 2.50 bits per heavy atom. The van der Waals surface area contributed by atoms with Gasteiger partial charge < -0.3 is 5.21 Å². The van der Waals surface area contributed by atoms with Crippen molar-refractivity contribution in [1.29, 1.82) is 0 Å². The van der Waals surface area contributed by atoms with Gasteiger partial charge in [-0.25, -0.2) is 5.43 Å². The van der Waals surface area contributed by atoms with Gasteiger partial charge in [0.1, 0.15) is 0 Å². The van der Waals surface area contributed by atoms with Crippen LogP contribution in [0.15, 0.2) is 12.7 Å². The van der Waals surface area contributed by atoms with Gasteiger partial charge in [0.2, 0.25) is 0 Å². The van der Waals surface area contributed by atoms with Crippen LogP contribution in [-0.2, 0) is 0 Å². The van der Waals surface area contributed by atoms with E-state index in [0.717, 1.165) is 0 Å². The monoisotopic (exact) mass is 88.1 g/mol. The molecule has 0 aromatic heterocycles. The van der Waals surface area contributed by atoms with E-state index < -0.39 is 0 Å². The van der Waals surface area contributed by atoms with Crippen molar-refractivity contribution in [2.75, 3.05) is 6.54 Å². The van der Waals surface area contributed by atoms with Crippen molar-refractivity contribution in [3.05, 3.63) is 12.7 Å². The van der Waals surface area contributed by atoms with Gasteiger partial charge in [-0.15, -0.1) is 12.2 Å². The third kappa shape index (κ3) is 3.62. The summed E-state index contributed by atoms with van der Waals surface area (Å²) in [6, 6.07) is 0. The molecule has 0 aliphatic carbocycles. The van der Waals surface area contributed by atoms with E-state index in [1.54, 1.807) is 11.7 Å². The summed E-state index contributed by atoms with van der Waals surface area (Å²) in [6.45, 7) is 3.95. The highest BCUT2D eigenvalue weighted by Crippen LogP contribution is 1.48. The molecule has 0 aromatic carbocycles. The van der Waals surface area contributed by atoms with Crippen LogP contribution in [0.5, 0.6) is 0 Å². The Labute approximate surface area is 36.6 Å². The predicted molar refractivity (Wildman–Crippen MR) is 23.1 cm³/mol. The van der Waals surface area contributed by atoms with E-state index in [1.165, 1.54) is 0 Å². The van der Waals surface area contributed by atoms with E-state index in [-0.39, 0.29) is 0 Å². The summed E-state index contributed by atoms with van der Waals surface area (Å²) in [5.41, 5.74) is 4.13. The Morgan fingerprint density at radius 1 is 1.83 bits per heavy atom. The molecule has 3 nitrogen and oxygen atoms in total. The summed E-state index contributed by atoms with van der Waals surface area (Å²) in [5, 5.41) is 7.79. The molecular formula is C3H8N2O. The van der Waals surface area contributed by atoms with Gasteiger partial charge in [-0.3, -0.25) is 0 Å². The quantitative estimate of drug-likeness (QED) is 0.251. The van der Waals surface area contributed by atoms with Crippen molar-refractivity contribution in [3.63, 3.8) is 0 Å². The molecule has 3 heteroatoms. The van der Waals surface area contributed by atoms with Gasteiger partial charge in [0, 0.05) is 6.54 Å². The smallest absolute Gasteiger partial charge is 0.0300 e. The normalized spacial score (nSPS) is 8.17. The van der Waals surface area contributed by atoms with Crippen molar-refractivity contribution < 1.29 is 5.21 Å². The van der Waals surface area contributed by atoms with Crippen LogP contribution >= 0.6 is 0 Å². The minimum absolute atomic E-state index is 0.566. The van der Waals surface area contributed by atoms with E-state index in [9.17, 15) is 0 Å². The Kier molecular flexibility index (Phi) is 4.33. The molecule has 0 unspecified atom stereocenters. The summed E-state index contributed by atoms with van der Waals surface area (Å²) >= 11 is 0. The van der Waals surface area contributed by atoms with Gasteiger partial charge in [0.25, 0.3) is 0 Å². The van der Waals surface area contributed by atoms with Gasteiger partial charge in [-0.05, 0) is 0 Å². The topological polar surface area (TPSA) is 44.3 Å². The first-order chi connectivity index (χ1) is 2.91. The second kappa shape index (κ2) is 4.62. The van der Waals surface area contributed by atoms with Gasteiger partial charge in [-0.1, -0.05) is 6.08 Å². The molecule has 6 heavy (non-hydrogen) atoms. The molecular weight excluding hydrogens is 80.0 g/mol. The lowest BCUT2D eigenvalue weighted by Crippen LogP contribution is -2.27. The average molecular weight is 88.1 g/mol. The molecule has 0 rings (SSSR count). The first-order valence-corrected chi connectivity index (χ1v) is 1.64. The second-order valence-electron chi connectivity index (χ2n) is 0.781.